The molecule has 2 aliphatic rings. The van der Waals surface area contributed by atoms with Gasteiger partial charge in [0.15, 0.2) is 0 Å². The molecular weight excluding hydrogens is 166 g/mol. The van der Waals surface area contributed by atoms with Crippen molar-refractivity contribution in [3.05, 3.63) is 0 Å². The molecule has 0 unspecified atom stereocenters. The first kappa shape index (κ1) is 9.00. The molecule has 1 aliphatic heterocycles. The van der Waals surface area contributed by atoms with Crippen LogP contribution in [0.15, 0.2) is 0 Å². The van der Waals surface area contributed by atoms with Crippen molar-refractivity contribution in [2.24, 2.45) is 0 Å². The van der Waals surface area contributed by atoms with Gasteiger partial charge in [-0.15, -0.1) is 0 Å². The Morgan fingerprint density at radius 1 is 1.31 bits per heavy atom. The first-order chi connectivity index (χ1) is 6.25. The summed E-state index contributed by atoms with van der Waals surface area (Å²) in [4.78, 5) is 13.4. The second-order valence-corrected chi connectivity index (χ2v) is 4.23. The van der Waals surface area contributed by atoms with E-state index in [9.17, 15) is 4.79 Å². The number of morpholine rings is 1. The van der Waals surface area contributed by atoms with E-state index < -0.39 is 0 Å². The Balaban J connectivity index is 2.13. The fourth-order valence-electron chi connectivity index (χ4n) is 2.48. The van der Waals surface area contributed by atoms with Crippen LogP contribution < -0.4 is 0 Å². The van der Waals surface area contributed by atoms with E-state index in [1.807, 2.05) is 11.9 Å². The minimum Gasteiger partial charge on any atom is -0.369 e. The van der Waals surface area contributed by atoms with Crippen LogP contribution in [0.1, 0.15) is 32.1 Å². The summed E-state index contributed by atoms with van der Waals surface area (Å²) in [6, 6.07) is 0. The summed E-state index contributed by atoms with van der Waals surface area (Å²) in [6.07, 6.45) is 6.02. The van der Waals surface area contributed by atoms with Crippen molar-refractivity contribution in [3.8, 4) is 0 Å². The molecule has 2 rings (SSSR count). The molecule has 13 heavy (non-hydrogen) atoms. The predicted molar refractivity (Wildman–Crippen MR) is 49.4 cm³/mol. The molecular formula is C10H17NO2. The number of hydrogen-bond donors (Lipinski definition) is 0. The second-order valence-electron chi connectivity index (χ2n) is 4.23. The van der Waals surface area contributed by atoms with Crippen LogP contribution in [0.5, 0.6) is 0 Å². The van der Waals surface area contributed by atoms with Crippen LogP contribution in [0, 0.1) is 0 Å². The molecule has 0 atom stereocenters. The summed E-state index contributed by atoms with van der Waals surface area (Å²) >= 11 is 0. The van der Waals surface area contributed by atoms with Crippen molar-refractivity contribution in [3.63, 3.8) is 0 Å². The Morgan fingerprint density at radius 3 is 2.69 bits per heavy atom. The molecule has 0 radical (unpaired) electrons. The third-order valence-electron chi connectivity index (χ3n) is 3.47. The van der Waals surface area contributed by atoms with E-state index in [4.69, 9.17) is 4.74 Å². The lowest BCUT2D eigenvalue weighted by Gasteiger charge is -2.47. The van der Waals surface area contributed by atoms with Gasteiger partial charge < -0.3 is 9.64 Å². The van der Waals surface area contributed by atoms with E-state index in [1.165, 1.54) is 19.3 Å². The molecule has 0 aromatic heterocycles. The van der Waals surface area contributed by atoms with Gasteiger partial charge in [-0.05, 0) is 12.8 Å². The topological polar surface area (TPSA) is 29.5 Å². The van der Waals surface area contributed by atoms with Gasteiger partial charge in [-0.3, -0.25) is 4.79 Å². The molecule has 2 fully saturated rings. The summed E-state index contributed by atoms with van der Waals surface area (Å²) in [7, 11) is 1.93. The van der Waals surface area contributed by atoms with E-state index >= 15 is 0 Å². The molecule has 3 nitrogen and oxygen atoms in total. The van der Waals surface area contributed by atoms with Gasteiger partial charge in [0.05, 0.1) is 12.1 Å². The van der Waals surface area contributed by atoms with Crippen molar-refractivity contribution in [2.75, 3.05) is 20.3 Å². The van der Waals surface area contributed by atoms with Crippen LogP contribution in [0.4, 0.5) is 0 Å². The number of ether oxygens (including phenoxy) is 1. The highest BCUT2D eigenvalue weighted by Gasteiger charge is 2.41. The molecule has 1 saturated carbocycles. The van der Waals surface area contributed by atoms with Crippen molar-refractivity contribution in [1.29, 1.82) is 0 Å². The minimum atomic E-state index is 0.0492. The maximum absolute atomic E-state index is 11.5. The normalized spacial score (nSPS) is 28.1. The van der Waals surface area contributed by atoms with Crippen molar-refractivity contribution in [2.45, 2.75) is 37.6 Å². The summed E-state index contributed by atoms with van der Waals surface area (Å²) in [5.41, 5.74) is 0.0492. The highest BCUT2D eigenvalue weighted by molar-refractivity contribution is 5.78. The maximum Gasteiger partial charge on any atom is 0.248 e. The monoisotopic (exact) mass is 183 g/mol. The van der Waals surface area contributed by atoms with Crippen molar-refractivity contribution < 1.29 is 9.53 Å². The number of likely N-dealkylation sites (N-methyl/N-ethyl adjacent to an activating group) is 1. The van der Waals surface area contributed by atoms with E-state index in [2.05, 4.69) is 0 Å². The van der Waals surface area contributed by atoms with Crippen LogP contribution in [0.25, 0.3) is 0 Å². The maximum atomic E-state index is 11.5. The fourth-order valence-corrected chi connectivity index (χ4v) is 2.48. The van der Waals surface area contributed by atoms with Crippen LogP contribution in [-0.2, 0) is 9.53 Å². The second kappa shape index (κ2) is 3.29. The lowest BCUT2D eigenvalue weighted by Crippen LogP contribution is -2.58. The van der Waals surface area contributed by atoms with Crippen molar-refractivity contribution >= 4 is 5.91 Å². The van der Waals surface area contributed by atoms with Gasteiger partial charge >= 0.3 is 0 Å². The molecule has 0 N–H and O–H groups in total. The molecule has 1 spiro atoms. The third kappa shape index (κ3) is 1.46. The highest BCUT2D eigenvalue weighted by Crippen LogP contribution is 2.34. The van der Waals surface area contributed by atoms with E-state index in [0.717, 1.165) is 19.4 Å². The molecule has 0 aromatic carbocycles. The lowest BCUT2D eigenvalue weighted by molar-refractivity contribution is -0.158. The summed E-state index contributed by atoms with van der Waals surface area (Å²) in [6.45, 7) is 1.02. The van der Waals surface area contributed by atoms with E-state index in [0.29, 0.717) is 0 Å². The van der Waals surface area contributed by atoms with Gasteiger partial charge in [-0.1, -0.05) is 19.3 Å². The first-order valence-corrected chi connectivity index (χ1v) is 5.09. The molecule has 1 saturated heterocycles. The van der Waals surface area contributed by atoms with E-state index in [1.54, 1.807) is 0 Å². The minimum absolute atomic E-state index is 0.0492. The van der Waals surface area contributed by atoms with Gasteiger partial charge in [-0.25, -0.2) is 0 Å². The lowest BCUT2D eigenvalue weighted by atomic mass is 9.80. The summed E-state index contributed by atoms with van der Waals surface area (Å²) in [5, 5.41) is 0. The Morgan fingerprint density at radius 2 is 2.00 bits per heavy atom. The predicted octanol–water partition coefficient (Wildman–Crippen LogP) is 1.18. The van der Waals surface area contributed by atoms with Crippen LogP contribution in [0.2, 0.25) is 0 Å². The number of carbonyl (C=O) groups is 1. The third-order valence-corrected chi connectivity index (χ3v) is 3.47. The zero-order chi connectivity index (χ0) is 9.31. The Labute approximate surface area is 79.0 Å². The molecule has 3 heteroatoms. The molecule has 1 heterocycles. The number of rotatable bonds is 0. The largest absolute Gasteiger partial charge is 0.369 e. The zero-order valence-corrected chi connectivity index (χ0v) is 8.21. The Hall–Kier alpha value is -0.570. The molecule has 1 aliphatic carbocycles. The van der Waals surface area contributed by atoms with Gasteiger partial charge in [0.25, 0.3) is 0 Å². The Kier molecular flexibility index (Phi) is 2.28. The van der Waals surface area contributed by atoms with E-state index in [-0.39, 0.29) is 18.1 Å². The molecule has 1 amide bonds. The number of amides is 1. The van der Waals surface area contributed by atoms with Crippen molar-refractivity contribution in [1.82, 2.24) is 4.90 Å². The Bertz CT molecular complexity index is 203. The fraction of sp³-hybridized carbons (Fsp3) is 0.900. The zero-order valence-electron chi connectivity index (χ0n) is 8.21. The van der Waals surface area contributed by atoms with Gasteiger partial charge in [0.1, 0.15) is 6.61 Å². The van der Waals surface area contributed by atoms with Gasteiger partial charge in [-0.2, -0.15) is 0 Å². The average Bonchev–Trinajstić information content (AvgIpc) is 2.16. The first-order valence-electron chi connectivity index (χ1n) is 5.09. The van der Waals surface area contributed by atoms with Crippen LogP contribution in [0.3, 0.4) is 0 Å². The van der Waals surface area contributed by atoms with Gasteiger partial charge in [0.2, 0.25) is 5.91 Å². The number of carbonyl (C=O) groups excluding carboxylic acids is 1. The SMILES string of the molecule is CN1C(=O)COCC12CCCCC2. The quantitative estimate of drug-likeness (QED) is 0.564. The molecule has 0 aromatic rings. The number of nitrogens with zero attached hydrogens (tertiary/aromatic N) is 1. The molecule has 74 valence electrons. The van der Waals surface area contributed by atoms with Gasteiger partial charge in [0, 0.05) is 7.05 Å². The number of hydrogen-bond acceptors (Lipinski definition) is 2. The average molecular weight is 183 g/mol. The van der Waals surface area contributed by atoms with Crippen LogP contribution >= 0.6 is 0 Å². The summed E-state index contributed by atoms with van der Waals surface area (Å²) < 4.78 is 5.35. The smallest absolute Gasteiger partial charge is 0.248 e. The highest BCUT2D eigenvalue weighted by atomic mass is 16.5. The molecule has 0 bridgehead atoms. The summed E-state index contributed by atoms with van der Waals surface area (Å²) in [5.74, 6) is 0.146. The van der Waals surface area contributed by atoms with Crippen LogP contribution in [-0.4, -0.2) is 36.6 Å². The standard InChI is InChI=1S/C10H17NO2/c1-11-9(12)7-13-8-10(11)5-3-2-4-6-10/h2-8H2,1H3.